The monoisotopic (exact) mass is 389 g/mol. The molecule has 2 N–H and O–H groups in total. The lowest BCUT2D eigenvalue weighted by molar-refractivity contribution is -0.119. The van der Waals surface area contributed by atoms with Gasteiger partial charge in [0.15, 0.2) is 4.34 Å². The molecule has 1 saturated heterocycles. The number of rotatable bonds is 8. The molecule has 0 spiro atoms. The normalized spacial score (nSPS) is 20.2. The first-order valence-electron chi connectivity index (χ1n) is 9.03. The number of hydrogen-bond donors (Lipinski definition) is 2. The van der Waals surface area contributed by atoms with Gasteiger partial charge >= 0.3 is 0 Å². The molecule has 2 fully saturated rings. The number of anilines is 1. The summed E-state index contributed by atoms with van der Waals surface area (Å²) in [4.78, 5) is 14.6. The number of carbonyl (C=O) groups excluding carboxylic acids is 1. The molecule has 8 heteroatoms. The Morgan fingerprint density at radius 2 is 2.04 bits per heavy atom. The molecule has 2 aliphatic rings. The van der Waals surface area contributed by atoms with Crippen molar-refractivity contribution in [2.75, 3.05) is 24.2 Å². The summed E-state index contributed by atoms with van der Waals surface area (Å²) in [7, 11) is 0. The summed E-state index contributed by atoms with van der Waals surface area (Å²) in [6.45, 7) is 2.89. The zero-order valence-electron chi connectivity index (χ0n) is 14.6. The number of likely N-dealkylation sites (tertiary alicyclic amines) is 1. The molecular weight excluding hydrogens is 366 g/mol. The first-order valence-corrected chi connectivity index (χ1v) is 10.8. The molecule has 4 rings (SSSR count). The Hall–Kier alpha value is -1.64. The standard InChI is InChI=1S/C18H23N5OS2/c24-16(12-25-18-22-21-17(26-18)20-14-6-7-14)19-15-8-9-23(11-15)10-13-4-2-1-3-5-13/h1-5,14-15H,6-12H2,(H,19,24)(H,20,21)/t15-/m0/s1. The molecule has 1 atom stereocenters. The summed E-state index contributed by atoms with van der Waals surface area (Å²) in [6.07, 6.45) is 3.44. The largest absolute Gasteiger partial charge is 0.357 e. The molecule has 2 heterocycles. The fourth-order valence-electron chi connectivity index (χ4n) is 3.06. The molecule has 1 aliphatic carbocycles. The summed E-state index contributed by atoms with van der Waals surface area (Å²) in [5.74, 6) is 0.473. The lowest BCUT2D eigenvalue weighted by Crippen LogP contribution is -2.37. The molecular formula is C18H23N5OS2. The van der Waals surface area contributed by atoms with Gasteiger partial charge in [0.25, 0.3) is 0 Å². The fourth-order valence-corrected chi connectivity index (χ4v) is 4.70. The number of hydrogen-bond acceptors (Lipinski definition) is 7. The predicted octanol–water partition coefficient (Wildman–Crippen LogP) is 2.60. The van der Waals surface area contributed by atoms with Crippen LogP contribution in [0.3, 0.4) is 0 Å². The van der Waals surface area contributed by atoms with Crippen molar-refractivity contribution in [3.05, 3.63) is 35.9 Å². The van der Waals surface area contributed by atoms with E-state index in [0.29, 0.717) is 11.8 Å². The van der Waals surface area contributed by atoms with E-state index in [1.165, 1.54) is 41.5 Å². The second-order valence-corrected chi connectivity index (χ2v) is 9.05. The van der Waals surface area contributed by atoms with E-state index >= 15 is 0 Å². The highest BCUT2D eigenvalue weighted by molar-refractivity contribution is 8.01. The Labute approximate surface area is 161 Å². The van der Waals surface area contributed by atoms with Gasteiger partial charge < -0.3 is 10.6 Å². The number of thioether (sulfide) groups is 1. The fraction of sp³-hybridized carbons (Fsp3) is 0.500. The number of aromatic nitrogens is 2. The van der Waals surface area contributed by atoms with Crippen molar-refractivity contribution in [3.8, 4) is 0 Å². The molecule has 0 radical (unpaired) electrons. The first-order chi connectivity index (χ1) is 12.7. The van der Waals surface area contributed by atoms with Crippen molar-refractivity contribution in [1.29, 1.82) is 0 Å². The average molecular weight is 390 g/mol. The van der Waals surface area contributed by atoms with E-state index in [-0.39, 0.29) is 11.9 Å². The third kappa shape index (κ3) is 5.18. The predicted molar refractivity (Wildman–Crippen MR) is 106 cm³/mol. The van der Waals surface area contributed by atoms with E-state index in [9.17, 15) is 4.79 Å². The van der Waals surface area contributed by atoms with Gasteiger partial charge in [-0.25, -0.2) is 0 Å². The van der Waals surface area contributed by atoms with Crippen molar-refractivity contribution in [1.82, 2.24) is 20.4 Å². The highest BCUT2D eigenvalue weighted by Gasteiger charge is 2.24. The molecule has 1 saturated carbocycles. The quantitative estimate of drug-likeness (QED) is 0.677. The Bertz CT molecular complexity index is 734. The number of amides is 1. The molecule has 6 nitrogen and oxygen atoms in total. The Balaban J connectivity index is 1.17. The molecule has 1 amide bonds. The van der Waals surface area contributed by atoms with Gasteiger partial charge in [0, 0.05) is 31.7 Å². The lowest BCUT2D eigenvalue weighted by Gasteiger charge is -2.16. The summed E-state index contributed by atoms with van der Waals surface area (Å²) in [6, 6.07) is 11.3. The van der Waals surface area contributed by atoms with Crippen LogP contribution in [0.5, 0.6) is 0 Å². The van der Waals surface area contributed by atoms with Crippen molar-refractivity contribution in [2.45, 2.75) is 42.2 Å². The van der Waals surface area contributed by atoms with Crippen LogP contribution in [-0.2, 0) is 11.3 Å². The highest BCUT2D eigenvalue weighted by Crippen LogP contribution is 2.30. The zero-order valence-corrected chi connectivity index (χ0v) is 16.2. The van der Waals surface area contributed by atoms with Crippen LogP contribution in [0.2, 0.25) is 0 Å². The van der Waals surface area contributed by atoms with Crippen LogP contribution in [0.1, 0.15) is 24.8 Å². The van der Waals surface area contributed by atoms with E-state index in [1.54, 1.807) is 0 Å². The van der Waals surface area contributed by atoms with E-state index < -0.39 is 0 Å². The van der Waals surface area contributed by atoms with Crippen molar-refractivity contribution in [2.24, 2.45) is 0 Å². The molecule has 138 valence electrons. The first kappa shape index (κ1) is 17.8. The summed E-state index contributed by atoms with van der Waals surface area (Å²) >= 11 is 2.99. The zero-order chi connectivity index (χ0) is 17.8. The van der Waals surface area contributed by atoms with Gasteiger partial charge in [-0.1, -0.05) is 53.4 Å². The summed E-state index contributed by atoms with van der Waals surface area (Å²) in [5, 5.41) is 15.6. The second kappa shape index (κ2) is 8.37. The summed E-state index contributed by atoms with van der Waals surface area (Å²) in [5.41, 5.74) is 1.32. The van der Waals surface area contributed by atoms with Gasteiger partial charge in [-0.3, -0.25) is 9.69 Å². The van der Waals surface area contributed by atoms with Gasteiger partial charge in [0.2, 0.25) is 11.0 Å². The minimum atomic E-state index is 0.0773. The minimum absolute atomic E-state index is 0.0773. The molecule has 0 bridgehead atoms. The van der Waals surface area contributed by atoms with Gasteiger partial charge in [0.05, 0.1) is 5.75 Å². The molecule has 0 unspecified atom stereocenters. The van der Waals surface area contributed by atoms with E-state index in [0.717, 1.165) is 35.5 Å². The van der Waals surface area contributed by atoms with Gasteiger partial charge in [0.1, 0.15) is 0 Å². The SMILES string of the molecule is O=C(CSc1nnc(NC2CC2)s1)N[C@H]1CCN(Cc2ccccc2)C1. The van der Waals surface area contributed by atoms with Crippen LogP contribution in [0.4, 0.5) is 5.13 Å². The van der Waals surface area contributed by atoms with Crippen LogP contribution >= 0.6 is 23.1 Å². The Morgan fingerprint density at radius 1 is 1.19 bits per heavy atom. The van der Waals surface area contributed by atoms with Gasteiger partial charge in [-0.05, 0) is 24.8 Å². The van der Waals surface area contributed by atoms with Crippen molar-refractivity contribution < 1.29 is 4.79 Å². The molecule has 1 aromatic heterocycles. The van der Waals surface area contributed by atoms with Crippen molar-refractivity contribution in [3.63, 3.8) is 0 Å². The van der Waals surface area contributed by atoms with Crippen LogP contribution in [-0.4, -0.2) is 51.9 Å². The maximum atomic E-state index is 12.2. The van der Waals surface area contributed by atoms with Crippen LogP contribution in [0, 0.1) is 0 Å². The van der Waals surface area contributed by atoms with Crippen LogP contribution in [0.15, 0.2) is 34.7 Å². The number of nitrogens with one attached hydrogen (secondary N) is 2. The Morgan fingerprint density at radius 3 is 2.85 bits per heavy atom. The highest BCUT2D eigenvalue weighted by atomic mass is 32.2. The van der Waals surface area contributed by atoms with Crippen LogP contribution in [0.25, 0.3) is 0 Å². The number of nitrogens with zero attached hydrogens (tertiary/aromatic N) is 3. The van der Waals surface area contributed by atoms with E-state index in [4.69, 9.17) is 0 Å². The third-order valence-corrected chi connectivity index (χ3v) is 6.51. The summed E-state index contributed by atoms with van der Waals surface area (Å²) < 4.78 is 0.848. The topological polar surface area (TPSA) is 70.1 Å². The molecule has 26 heavy (non-hydrogen) atoms. The second-order valence-electron chi connectivity index (χ2n) is 6.85. The molecule has 2 aromatic rings. The van der Waals surface area contributed by atoms with Gasteiger partial charge in [-0.2, -0.15) is 0 Å². The van der Waals surface area contributed by atoms with E-state index in [1.807, 2.05) is 6.07 Å². The molecule has 1 aliphatic heterocycles. The molecule has 1 aromatic carbocycles. The lowest BCUT2D eigenvalue weighted by atomic mass is 10.2. The minimum Gasteiger partial charge on any atom is -0.357 e. The maximum Gasteiger partial charge on any atom is 0.230 e. The number of benzene rings is 1. The Kier molecular flexibility index (Phi) is 5.72. The number of carbonyl (C=O) groups is 1. The van der Waals surface area contributed by atoms with Crippen LogP contribution < -0.4 is 10.6 Å². The maximum absolute atomic E-state index is 12.2. The van der Waals surface area contributed by atoms with E-state index in [2.05, 4.69) is 50.0 Å². The average Bonchev–Trinajstić information content (AvgIpc) is 3.16. The third-order valence-electron chi connectivity index (χ3n) is 4.52. The smallest absolute Gasteiger partial charge is 0.230 e. The van der Waals surface area contributed by atoms with Gasteiger partial charge in [-0.15, -0.1) is 10.2 Å². The van der Waals surface area contributed by atoms with Crippen molar-refractivity contribution >= 4 is 34.1 Å².